The van der Waals surface area contributed by atoms with Crippen LogP contribution in [0.15, 0.2) is 27.6 Å². The number of hydrogen-bond donors (Lipinski definition) is 2. The van der Waals surface area contributed by atoms with Crippen LogP contribution >= 0.6 is 0 Å². The van der Waals surface area contributed by atoms with Gasteiger partial charge in [0.1, 0.15) is 5.76 Å². The summed E-state index contributed by atoms with van der Waals surface area (Å²) < 4.78 is 10.5. The number of rotatable bonds is 7. The summed E-state index contributed by atoms with van der Waals surface area (Å²) >= 11 is 0. The molecule has 140 valence electrons. The number of morpholine rings is 1. The second-order valence-corrected chi connectivity index (χ2v) is 6.23. The van der Waals surface area contributed by atoms with Crippen LogP contribution in [-0.4, -0.2) is 48.7 Å². The summed E-state index contributed by atoms with van der Waals surface area (Å²) in [6, 6.07) is 3.69. The molecule has 0 aliphatic carbocycles. The van der Waals surface area contributed by atoms with Gasteiger partial charge in [0.05, 0.1) is 19.5 Å². The summed E-state index contributed by atoms with van der Waals surface area (Å²) in [5, 5.41) is 2.84. The average molecular weight is 360 g/mol. The number of aryl methyl sites for hydroxylation is 1. The summed E-state index contributed by atoms with van der Waals surface area (Å²) in [5.74, 6) is 1.32. The van der Waals surface area contributed by atoms with Gasteiger partial charge in [-0.1, -0.05) is 0 Å². The van der Waals surface area contributed by atoms with E-state index in [0.717, 1.165) is 5.76 Å². The lowest BCUT2D eigenvalue weighted by atomic mass is 10.1. The molecule has 1 amide bonds. The Labute approximate surface area is 151 Å². The van der Waals surface area contributed by atoms with Crippen molar-refractivity contribution in [3.05, 3.63) is 45.8 Å². The van der Waals surface area contributed by atoms with Gasteiger partial charge in [-0.25, -0.2) is 4.98 Å². The SMILES string of the molecule is Cc1nc(N2CCOCC2)[nH]c(=O)c1CCC(=O)NCCc1ccco1. The van der Waals surface area contributed by atoms with Crippen LogP contribution in [0.2, 0.25) is 0 Å². The third-order valence-electron chi connectivity index (χ3n) is 4.40. The number of H-pyrrole nitrogens is 1. The van der Waals surface area contributed by atoms with E-state index < -0.39 is 0 Å². The number of carbonyl (C=O) groups excluding carboxylic acids is 1. The minimum atomic E-state index is -0.178. The number of hydrogen-bond acceptors (Lipinski definition) is 6. The average Bonchev–Trinajstić information content (AvgIpc) is 3.15. The molecule has 1 aliphatic rings. The molecule has 8 nitrogen and oxygen atoms in total. The first kappa shape index (κ1) is 18.2. The van der Waals surface area contributed by atoms with Crippen LogP contribution in [0.4, 0.5) is 5.95 Å². The monoisotopic (exact) mass is 360 g/mol. The van der Waals surface area contributed by atoms with E-state index in [9.17, 15) is 9.59 Å². The first-order chi connectivity index (χ1) is 12.6. The Kier molecular flexibility index (Phi) is 6.06. The molecular weight excluding hydrogens is 336 g/mol. The Morgan fingerprint density at radius 3 is 2.85 bits per heavy atom. The Balaban J connectivity index is 1.52. The van der Waals surface area contributed by atoms with Crippen molar-refractivity contribution in [2.45, 2.75) is 26.2 Å². The van der Waals surface area contributed by atoms with Crippen LogP contribution in [0.25, 0.3) is 0 Å². The molecule has 1 aliphatic heterocycles. The number of anilines is 1. The van der Waals surface area contributed by atoms with E-state index in [1.165, 1.54) is 0 Å². The van der Waals surface area contributed by atoms with Crippen LogP contribution < -0.4 is 15.8 Å². The molecule has 1 saturated heterocycles. The van der Waals surface area contributed by atoms with Crippen molar-refractivity contribution in [3.8, 4) is 0 Å². The number of aromatic nitrogens is 2. The van der Waals surface area contributed by atoms with Crippen LogP contribution in [-0.2, 0) is 22.4 Å². The first-order valence-electron chi connectivity index (χ1n) is 8.85. The maximum Gasteiger partial charge on any atom is 0.255 e. The van der Waals surface area contributed by atoms with Crippen LogP contribution in [0.3, 0.4) is 0 Å². The summed E-state index contributed by atoms with van der Waals surface area (Å²) in [4.78, 5) is 33.7. The van der Waals surface area contributed by atoms with Crippen LogP contribution in [0.1, 0.15) is 23.4 Å². The highest BCUT2D eigenvalue weighted by Crippen LogP contribution is 2.11. The van der Waals surface area contributed by atoms with Crippen molar-refractivity contribution >= 4 is 11.9 Å². The lowest BCUT2D eigenvalue weighted by Gasteiger charge is -2.27. The van der Waals surface area contributed by atoms with E-state index >= 15 is 0 Å². The molecule has 2 aromatic rings. The van der Waals surface area contributed by atoms with Crippen molar-refractivity contribution < 1.29 is 13.9 Å². The molecule has 2 N–H and O–H groups in total. The number of aromatic amines is 1. The normalized spacial score (nSPS) is 14.4. The molecule has 3 rings (SSSR count). The summed E-state index contributed by atoms with van der Waals surface area (Å²) in [6.07, 6.45) is 2.87. The number of ether oxygens (including phenoxy) is 1. The highest BCUT2D eigenvalue weighted by Gasteiger charge is 2.16. The van der Waals surface area contributed by atoms with E-state index in [2.05, 4.69) is 15.3 Å². The Bertz CT molecular complexity index is 779. The van der Waals surface area contributed by atoms with Crippen molar-refractivity contribution in [3.63, 3.8) is 0 Å². The van der Waals surface area contributed by atoms with E-state index in [1.807, 2.05) is 24.0 Å². The summed E-state index contributed by atoms with van der Waals surface area (Å²) in [6.45, 7) is 4.99. The molecule has 26 heavy (non-hydrogen) atoms. The van der Waals surface area contributed by atoms with Crippen molar-refractivity contribution in [2.75, 3.05) is 37.7 Å². The van der Waals surface area contributed by atoms with Crippen molar-refractivity contribution in [1.29, 1.82) is 0 Å². The van der Waals surface area contributed by atoms with Crippen LogP contribution in [0.5, 0.6) is 0 Å². The summed E-state index contributed by atoms with van der Waals surface area (Å²) in [5.41, 5.74) is 1.05. The first-order valence-corrected chi connectivity index (χ1v) is 8.85. The van der Waals surface area contributed by atoms with Crippen molar-refractivity contribution in [1.82, 2.24) is 15.3 Å². The molecular formula is C18H24N4O4. The maximum atomic E-state index is 12.4. The lowest BCUT2D eigenvalue weighted by molar-refractivity contribution is -0.121. The highest BCUT2D eigenvalue weighted by atomic mass is 16.5. The van der Waals surface area contributed by atoms with Gasteiger partial charge in [0.15, 0.2) is 0 Å². The Hall–Kier alpha value is -2.61. The topological polar surface area (TPSA) is 100 Å². The third kappa shape index (κ3) is 4.72. The predicted octanol–water partition coefficient (Wildman–Crippen LogP) is 0.799. The van der Waals surface area contributed by atoms with Gasteiger partial charge in [-0.2, -0.15) is 0 Å². The summed E-state index contributed by atoms with van der Waals surface area (Å²) in [7, 11) is 0. The molecule has 0 radical (unpaired) electrons. The lowest BCUT2D eigenvalue weighted by Crippen LogP contribution is -2.38. The molecule has 2 aromatic heterocycles. The quantitative estimate of drug-likeness (QED) is 0.757. The zero-order valence-electron chi connectivity index (χ0n) is 14.9. The molecule has 0 unspecified atom stereocenters. The molecule has 0 bridgehead atoms. The third-order valence-corrected chi connectivity index (χ3v) is 4.40. The zero-order chi connectivity index (χ0) is 18.4. The number of carbonyl (C=O) groups is 1. The van der Waals surface area contributed by atoms with E-state index in [4.69, 9.17) is 9.15 Å². The van der Waals surface area contributed by atoms with Gasteiger partial charge in [0.25, 0.3) is 5.56 Å². The number of nitrogens with one attached hydrogen (secondary N) is 2. The van der Waals surface area contributed by atoms with E-state index in [0.29, 0.717) is 62.9 Å². The van der Waals surface area contributed by atoms with E-state index in [1.54, 1.807) is 6.26 Å². The number of furan rings is 1. The van der Waals surface area contributed by atoms with Gasteiger partial charge in [0.2, 0.25) is 11.9 Å². The largest absolute Gasteiger partial charge is 0.469 e. The second kappa shape index (κ2) is 8.66. The fraction of sp³-hybridized carbons (Fsp3) is 0.500. The molecule has 8 heteroatoms. The molecule has 3 heterocycles. The second-order valence-electron chi connectivity index (χ2n) is 6.23. The van der Waals surface area contributed by atoms with Gasteiger partial charge in [-0.15, -0.1) is 0 Å². The minimum Gasteiger partial charge on any atom is -0.469 e. The smallest absolute Gasteiger partial charge is 0.255 e. The number of amides is 1. The highest BCUT2D eigenvalue weighted by molar-refractivity contribution is 5.76. The molecule has 0 atom stereocenters. The predicted molar refractivity (Wildman–Crippen MR) is 96.4 cm³/mol. The molecule has 1 fully saturated rings. The van der Waals surface area contributed by atoms with E-state index in [-0.39, 0.29) is 17.9 Å². The van der Waals surface area contributed by atoms with Crippen LogP contribution in [0, 0.1) is 6.92 Å². The maximum absolute atomic E-state index is 12.4. The fourth-order valence-electron chi connectivity index (χ4n) is 2.92. The Morgan fingerprint density at radius 2 is 2.15 bits per heavy atom. The zero-order valence-corrected chi connectivity index (χ0v) is 14.9. The standard InChI is InChI=1S/C18H24N4O4/c1-13-15(4-5-16(23)19-7-6-14-3-2-10-26-14)17(24)21-18(20-13)22-8-11-25-12-9-22/h2-3,10H,4-9,11-12H2,1H3,(H,19,23)(H,20,21,24). The minimum absolute atomic E-state index is 0.0902. The Morgan fingerprint density at radius 1 is 1.35 bits per heavy atom. The molecule has 0 spiro atoms. The molecule has 0 saturated carbocycles. The van der Waals surface area contributed by atoms with Crippen molar-refractivity contribution in [2.24, 2.45) is 0 Å². The fourth-order valence-corrected chi connectivity index (χ4v) is 2.92. The van der Waals surface area contributed by atoms with Gasteiger partial charge >= 0.3 is 0 Å². The van der Waals surface area contributed by atoms with Gasteiger partial charge in [-0.3, -0.25) is 14.6 Å². The van der Waals surface area contributed by atoms with Gasteiger partial charge in [0, 0.05) is 43.7 Å². The van der Waals surface area contributed by atoms with Gasteiger partial charge < -0.3 is 19.4 Å². The molecule has 0 aromatic carbocycles. The number of nitrogens with zero attached hydrogens (tertiary/aromatic N) is 2. The van der Waals surface area contributed by atoms with Gasteiger partial charge in [-0.05, 0) is 25.5 Å².